The molecule has 6 heteroatoms. The summed E-state index contributed by atoms with van der Waals surface area (Å²) in [5.41, 5.74) is 2.55. The fourth-order valence-electron chi connectivity index (χ4n) is 2.00. The number of nitrogens with two attached hydrogens (primary N) is 1. The smallest absolute Gasteiger partial charge is 0.330 e. The molecule has 0 bridgehead atoms. The zero-order valence-electron chi connectivity index (χ0n) is 12.7. The molecular formula is C15H23F3N2S. The van der Waals surface area contributed by atoms with Crippen molar-refractivity contribution in [2.24, 2.45) is 11.1 Å². The molecule has 1 aromatic rings. The molecule has 1 aromatic carbocycles. The minimum atomic E-state index is -4.23. The molecule has 120 valence electrons. The van der Waals surface area contributed by atoms with E-state index in [0.29, 0.717) is 6.54 Å². The van der Waals surface area contributed by atoms with E-state index in [1.54, 1.807) is 12.1 Å². The molecule has 2 nitrogen and oxygen atoms in total. The van der Waals surface area contributed by atoms with Gasteiger partial charge < -0.3 is 5.73 Å². The zero-order valence-corrected chi connectivity index (χ0v) is 13.5. The van der Waals surface area contributed by atoms with Gasteiger partial charge in [0.05, 0.1) is 0 Å². The number of alkyl halides is 3. The van der Waals surface area contributed by atoms with Crippen molar-refractivity contribution in [1.82, 2.24) is 4.90 Å². The van der Waals surface area contributed by atoms with Crippen LogP contribution in [0.15, 0.2) is 29.2 Å². The van der Waals surface area contributed by atoms with Crippen LogP contribution in [0.4, 0.5) is 13.2 Å². The van der Waals surface area contributed by atoms with Gasteiger partial charge >= 0.3 is 5.51 Å². The van der Waals surface area contributed by atoms with Gasteiger partial charge in [0, 0.05) is 18.0 Å². The van der Waals surface area contributed by atoms with Crippen molar-refractivity contribution < 1.29 is 13.2 Å². The van der Waals surface area contributed by atoms with Crippen LogP contribution in [0, 0.1) is 5.41 Å². The molecule has 0 atom stereocenters. The first-order valence-electron chi connectivity index (χ1n) is 6.92. The first-order valence-corrected chi connectivity index (χ1v) is 7.74. The molecule has 0 saturated carbocycles. The van der Waals surface area contributed by atoms with Crippen molar-refractivity contribution in [2.45, 2.75) is 37.7 Å². The first kappa shape index (κ1) is 18.3. The lowest BCUT2D eigenvalue weighted by Gasteiger charge is -2.31. The van der Waals surface area contributed by atoms with Crippen LogP contribution in [0.2, 0.25) is 0 Å². The average Bonchev–Trinajstić information content (AvgIpc) is 2.38. The quantitative estimate of drug-likeness (QED) is 0.767. The van der Waals surface area contributed by atoms with Crippen LogP contribution in [-0.4, -0.2) is 30.0 Å². The molecule has 2 N–H and O–H groups in total. The maximum atomic E-state index is 12.3. The number of halogens is 3. The zero-order chi connectivity index (χ0) is 16.1. The fraction of sp³-hybridized carbons (Fsp3) is 0.600. The van der Waals surface area contributed by atoms with Crippen molar-refractivity contribution in [3.8, 4) is 0 Å². The van der Waals surface area contributed by atoms with Crippen LogP contribution >= 0.6 is 11.8 Å². The highest BCUT2D eigenvalue weighted by molar-refractivity contribution is 8.00. The van der Waals surface area contributed by atoms with Gasteiger partial charge in [-0.15, -0.1) is 0 Å². The Hall–Kier alpha value is -0.720. The number of hydrogen-bond donors (Lipinski definition) is 1. The lowest BCUT2D eigenvalue weighted by atomic mass is 9.93. The normalized spacial score (nSPS) is 13.0. The van der Waals surface area contributed by atoms with Gasteiger partial charge in [0.1, 0.15) is 0 Å². The van der Waals surface area contributed by atoms with Gasteiger partial charge in [-0.1, -0.05) is 32.9 Å². The standard InChI is InChI=1S/C15H23F3N2S/c1-4-20(11-14(2,3)10-19)9-12-5-7-13(8-6-12)21-15(16,17)18/h5-8H,4,9-11,19H2,1-3H3. The van der Waals surface area contributed by atoms with Gasteiger partial charge in [-0.25, -0.2) is 0 Å². The van der Waals surface area contributed by atoms with Crippen LogP contribution in [0.25, 0.3) is 0 Å². The number of thioether (sulfide) groups is 1. The van der Waals surface area contributed by atoms with Gasteiger partial charge in [0.15, 0.2) is 0 Å². The van der Waals surface area contributed by atoms with E-state index in [-0.39, 0.29) is 22.1 Å². The maximum absolute atomic E-state index is 12.3. The summed E-state index contributed by atoms with van der Waals surface area (Å²) in [6, 6.07) is 6.56. The summed E-state index contributed by atoms with van der Waals surface area (Å²) in [6.07, 6.45) is 0. The summed E-state index contributed by atoms with van der Waals surface area (Å²) in [5.74, 6) is 0. The lowest BCUT2D eigenvalue weighted by molar-refractivity contribution is -0.0328. The molecule has 0 amide bonds. The predicted molar refractivity (Wildman–Crippen MR) is 82.1 cm³/mol. The minimum Gasteiger partial charge on any atom is -0.330 e. The average molecular weight is 320 g/mol. The van der Waals surface area contributed by atoms with Crippen molar-refractivity contribution >= 4 is 11.8 Å². The van der Waals surface area contributed by atoms with E-state index in [4.69, 9.17) is 5.73 Å². The van der Waals surface area contributed by atoms with Gasteiger partial charge in [0.2, 0.25) is 0 Å². The van der Waals surface area contributed by atoms with Gasteiger partial charge in [-0.05, 0) is 48.0 Å². The summed E-state index contributed by atoms with van der Waals surface area (Å²) in [6.45, 7) is 9.35. The summed E-state index contributed by atoms with van der Waals surface area (Å²) in [7, 11) is 0. The molecule has 1 rings (SSSR count). The molecule has 0 aliphatic heterocycles. The van der Waals surface area contributed by atoms with Gasteiger partial charge in [-0.2, -0.15) is 13.2 Å². The molecule has 0 unspecified atom stereocenters. The van der Waals surface area contributed by atoms with Gasteiger partial charge in [0.25, 0.3) is 0 Å². The van der Waals surface area contributed by atoms with Crippen LogP contribution in [0.5, 0.6) is 0 Å². The van der Waals surface area contributed by atoms with Gasteiger partial charge in [-0.3, -0.25) is 4.90 Å². The van der Waals surface area contributed by atoms with E-state index >= 15 is 0 Å². The van der Waals surface area contributed by atoms with E-state index in [1.165, 1.54) is 12.1 Å². The van der Waals surface area contributed by atoms with E-state index in [9.17, 15) is 13.2 Å². The first-order chi connectivity index (χ1) is 9.65. The Morgan fingerprint density at radius 3 is 2.14 bits per heavy atom. The highest BCUT2D eigenvalue weighted by Gasteiger charge is 2.29. The SMILES string of the molecule is CCN(Cc1ccc(SC(F)(F)F)cc1)CC(C)(C)CN. The van der Waals surface area contributed by atoms with E-state index in [2.05, 4.69) is 25.7 Å². The summed E-state index contributed by atoms with van der Waals surface area (Å²) in [5, 5.41) is 0. The molecule has 0 heterocycles. The second-order valence-corrected chi connectivity index (χ2v) is 7.00. The molecule has 0 fully saturated rings. The van der Waals surface area contributed by atoms with Crippen LogP contribution in [0.1, 0.15) is 26.3 Å². The van der Waals surface area contributed by atoms with Crippen LogP contribution in [0.3, 0.4) is 0 Å². The minimum absolute atomic E-state index is 0.0298. The maximum Gasteiger partial charge on any atom is 0.446 e. The lowest BCUT2D eigenvalue weighted by Crippen LogP contribution is -2.38. The Kier molecular flexibility index (Phi) is 6.56. The van der Waals surface area contributed by atoms with Crippen molar-refractivity contribution in [3.63, 3.8) is 0 Å². The molecule has 0 spiro atoms. The number of benzene rings is 1. The predicted octanol–water partition coefficient (Wildman–Crippen LogP) is 4.11. The Labute approximate surface area is 128 Å². The van der Waals surface area contributed by atoms with Crippen molar-refractivity contribution in [1.29, 1.82) is 0 Å². The monoisotopic (exact) mass is 320 g/mol. The Bertz CT molecular complexity index is 430. The van der Waals surface area contributed by atoms with Crippen LogP contribution < -0.4 is 5.73 Å². The molecule has 0 aromatic heterocycles. The van der Waals surface area contributed by atoms with E-state index in [0.717, 1.165) is 25.2 Å². The molecule has 0 saturated heterocycles. The highest BCUT2D eigenvalue weighted by atomic mass is 32.2. The van der Waals surface area contributed by atoms with E-state index < -0.39 is 5.51 Å². The Morgan fingerprint density at radius 2 is 1.71 bits per heavy atom. The molecule has 0 aliphatic rings. The second-order valence-electron chi connectivity index (χ2n) is 5.86. The summed E-state index contributed by atoms with van der Waals surface area (Å²) < 4.78 is 36.8. The van der Waals surface area contributed by atoms with Crippen LogP contribution in [-0.2, 0) is 6.54 Å². The van der Waals surface area contributed by atoms with Crippen molar-refractivity contribution in [2.75, 3.05) is 19.6 Å². The Morgan fingerprint density at radius 1 is 1.14 bits per heavy atom. The third kappa shape index (κ3) is 7.20. The molecule has 21 heavy (non-hydrogen) atoms. The number of rotatable bonds is 7. The topological polar surface area (TPSA) is 29.3 Å². The summed E-state index contributed by atoms with van der Waals surface area (Å²) >= 11 is -0.0824. The third-order valence-corrected chi connectivity index (χ3v) is 3.95. The highest BCUT2D eigenvalue weighted by Crippen LogP contribution is 2.36. The summed E-state index contributed by atoms with van der Waals surface area (Å²) in [4.78, 5) is 2.47. The molecular weight excluding hydrogens is 297 g/mol. The van der Waals surface area contributed by atoms with Crippen molar-refractivity contribution in [3.05, 3.63) is 29.8 Å². The largest absolute Gasteiger partial charge is 0.446 e. The Balaban J connectivity index is 2.65. The third-order valence-electron chi connectivity index (χ3n) is 3.21. The fourth-order valence-corrected chi connectivity index (χ4v) is 2.54. The number of nitrogens with zero attached hydrogens (tertiary/aromatic N) is 1. The number of hydrogen-bond acceptors (Lipinski definition) is 3. The van der Waals surface area contributed by atoms with E-state index in [1.807, 2.05) is 0 Å². The second kappa shape index (κ2) is 7.51. The molecule has 0 aliphatic carbocycles. The molecule has 0 radical (unpaired) electrons.